The van der Waals surface area contributed by atoms with E-state index in [-0.39, 0.29) is 0 Å². The van der Waals surface area contributed by atoms with Gasteiger partial charge in [-0.05, 0) is 27.6 Å². The van der Waals surface area contributed by atoms with Gasteiger partial charge < -0.3 is 4.90 Å². The summed E-state index contributed by atoms with van der Waals surface area (Å²) >= 11 is 1.63. The van der Waals surface area contributed by atoms with Gasteiger partial charge in [0, 0.05) is 19.0 Å². The molecule has 1 heterocycles. The van der Waals surface area contributed by atoms with E-state index in [2.05, 4.69) is 73.2 Å². The van der Waals surface area contributed by atoms with Gasteiger partial charge in [-0.1, -0.05) is 56.0 Å². The van der Waals surface area contributed by atoms with Gasteiger partial charge in [0.1, 0.15) is 11.1 Å². The Hall–Kier alpha value is -2.42. The third-order valence-corrected chi connectivity index (χ3v) is 7.50. The lowest BCUT2D eigenvalue weighted by molar-refractivity contribution is 0.643. The van der Waals surface area contributed by atoms with Crippen LogP contribution in [0.15, 0.2) is 47.5 Å². The van der Waals surface area contributed by atoms with Crippen LogP contribution >= 0.6 is 11.3 Å². The number of fused-ring (bicyclic) bond motifs is 1. The van der Waals surface area contributed by atoms with Crippen molar-refractivity contribution in [3.63, 3.8) is 0 Å². The maximum atomic E-state index is 9.85. The molecule has 0 saturated heterocycles. The monoisotopic (exact) mass is 377 g/mol. The van der Waals surface area contributed by atoms with Crippen LogP contribution in [-0.2, 0) is 0 Å². The second-order valence-corrected chi connectivity index (χ2v) is 13.6. The van der Waals surface area contributed by atoms with Crippen LogP contribution in [0.25, 0.3) is 21.2 Å². The third-order valence-electron chi connectivity index (χ3n) is 4.17. The number of benzene rings is 2. The molecule has 0 spiro atoms. The summed E-state index contributed by atoms with van der Waals surface area (Å²) < 4.78 is 0. The minimum Gasteiger partial charge on any atom is -0.369 e. The lowest BCUT2D eigenvalue weighted by Crippen LogP contribution is -2.39. The first-order valence-electron chi connectivity index (χ1n) is 8.58. The van der Waals surface area contributed by atoms with E-state index in [0.717, 1.165) is 10.6 Å². The lowest BCUT2D eigenvalue weighted by atomic mass is 10.1. The second-order valence-electron chi connectivity index (χ2n) is 7.62. The maximum absolute atomic E-state index is 9.85. The van der Waals surface area contributed by atoms with Crippen molar-refractivity contribution in [3.05, 3.63) is 48.0 Å². The summed E-state index contributed by atoms with van der Waals surface area (Å²) in [5.74, 6) is 0. The SMILES string of the molecule is CN(C)/C=N\c1sc(-c2ccc3ccccc3c2)c([Si](C)(C)C)c1C#N. The Morgan fingerprint density at radius 1 is 1.08 bits per heavy atom. The predicted molar refractivity (Wildman–Crippen MR) is 117 cm³/mol. The zero-order valence-electron chi connectivity index (χ0n) is 15.9. The molecule has 0 aliphatic rings. The van der Waals surface area contributed by atoms with E-state index in [0.29, 0.717) is 0 Å². The van der Waals surface area contributed by atoms with Gasteiger partial charge in [0.2, 0.25) is 0 Å². The van der Waals surface area contributed by atoms with E-state index in [1.807, 2.05) is 19.0 Å². The summed E-state index contributed by atoms with van der Waals surface area (Å²) in [7, 11) is 2.15. The highest BCUT2D eigenvalue weighted by atomic mass is 32.1. The van der Waals surface area contributed by atoms with Gasteiger partial charge in [0.05, 0.1) is 20.0 Å². The van der Waals surface area contributed by atoms with E-state index >= 15 is 0 Å². The molecule has 3 nitrogen and oxygen atoms in total. The molecule has 26 heavy (non-hydrogen) atoms. The number of nitrogens with zero attached hydrogens (tertiary/aromatic N) is 3. The minimum atomic E-state index is -1.73. The number of hydrogen-bond donors (Lipinski definition) is 0. The standard InChI is InChI=1S/C21H23N3SSi/c1-24(2)14-23-21-18(13-22)20(26(3,4)5)19(25-21)17-11-10-15-8-6-7-9-16(15)12-17/h6-12,14H,1-5H3/b23-14-. The first-order valence-corrected chi connectivity index (χ1v) is 12.9. The molecule has 132 valence electrons. The third kappa shape index (κ3) is 3.57. The molecule has 5 heteroatoms. The van der Waals surface area contributed by atoms with Crippen molar-refractivity contribution in [3.8, 4) is 16.5 Å². The van der Waals surface area contributed by atoms with Crippen molar-refractivity contribution in [2.75, 3.05) is 14.1 Å². The Bertz CT molecular complexity index is 1020. The summed E-state index contributed by atoms with van der Waals surface area (Å²) in [5.41, 5.74) is 1.92. The van der Waals surface area contributed by atoms with Crippen molar-refractivity contribution in [1.82, 2.24) is 4.90 Å². The van der Waals surface area contributed by atoms with E-state index in [4.69, 9.17) is 0 Å². The van der Waals surface area contributed by atoms with Gasteiger partial charge >= 0.3 is 0 Å². The molecule has 2 aromatic carbocycles. The number of nitriles is 1. The van der Waals surface area contributed by atoms with E-state index in [1.165, 1.54) is 26.4 Å². The molecule has 0 radical (unpaired) electrons. The fraction of sp³-hybridized carbons (Fsp3) is 0.238. The molecular weight excluding hydrogens is 354 g/mol. The average molecular weight is 378 g/mol. The van der Waals surface area contributed by atoms with E-state index < -0.39 is 8.07 Å². The molecule has 0 atom stereocenters. The zero-order chi connectivity index (χ0) is 18.9. The highest BCUT2D eigenvalue weighted by molar-refractivity contribution is 7.22. The van der Waals surface area contributed by atoms with Gasteiger partial charge in [-0.25, -0.2) is 4.99 Å². The van der Waals surface area contributed by atoms with Crippen molar-refractivity contribution < 1.29 is 0 Å². The lowest BCUT2D eigenvalue weighted by Gasteiger charge is -2.18. The van der Waals surface area contributed by atoms with Gasteiger partial charge in [0.25, 0.3) is 0 Å². The molecule has 0 unspecified atom stereocenters. The molecule has 0 aliphatic carbocycles. The fourth-order valence-corrected chi connectivity index (χ4v) is 6.94. The minimum absolute atomic E-state index is 0.746. The number of rotatable bonds is 4. The summed E-state index contributed by atoms with van der Waals surface area (Å²) in [6.07, 6.45) is 1.77. The van der Waals surface area contributed by atoms with Crippen molar-refractivity contribution in [2.45, 2.75) is 19.6 Å². The van der Waals surface area contributed by atoms with Crippen LogP contribution in [0.4, 0.5) is 5.00 Å². The Balaban J connectivity index is 2.26. The molecule has 3 rings (SSSR count). The number of aliphatic imine (C=N–C) groups is 1. The normalized spacial score (nSPS) is 11.8. The van der Waals surface area contributed by atoms with Crippen LogP contribution in [0.3, 0.4) is 0 Å². The molecule has 3 aromatic rings. The second kappa shape index (κ2) is 7.06. The maximum Gasteiger partial charge on any atom is 0.136 e. The highest BCUT2D eigenvalue weighted by Crippen LogP contribution is 2.38. The van der Waals surface area contributed by atoms with Gasteiger partial charge in [-0.3, -0.25) is 0 Å². The fourth-order valence-electron chi connectivity index (χ4n) is 3.03. The van der Waals surface area contributed by atoms with Crippen molar-refractivity contribution in [1.29, 1.82) is 5.26 Å². The Kier molecular flexibility index (Phi) is 4.99. The first-order chi connectivity index (χ1) is 12.3. The molecule has 0 bridgehead atoms. The van der Waals surface area contributed by atoms with E-state index in [1.54, 1.807) is 17.7 Å². The molecule has 0 amide bonds. The zero-order valence-corrected chi connectivity index (χ0v) is 17.7. The average Bonchev–Trinajstić information content (AvgIpc) is 2.98. The quantitative estimate of drug-likeness (QED) is 0.356. The van der Waals surface area contributed by atoms with E-state index in [9.17, 15) is 5.26 Å². The van der Waals surface area contributed by atoms with Crippen molar-refractivity contribution >= 4 is 46.7 Å². The highest BCUT2D eigenvalue weighted by Gasteiger charge is 2.29. The van der Waals surface area contributed by atoms with Gasteiger partial charge in [-0.2, -0.15) is 5.26 Å². The topological polar surface area (TPSA) is 39.4 Å². The molecule has 0 N–H and O–H groups in total. The van der Waals surface area contributed by atoms with Gasteiger partial charge in [0.15, 0.2) is 0 Å². The summed E-state index contributed by atoms with van der Waals surface area (Å²) in [6, 6.07) is 17.4. The summed E-state index contributed by atoms with van der Waals surface area (Å²) in [5, 5.41) is 14.3. The smallest absolute Gasteiger partial charge is 0.136 e. The van der Waals surface area contributed by atoms with Crippen LogP contribution in [0.1, 0.15) is 5.56 Å². The number of thiophene rings is 1. The summed E-state index contributed by atoms with van der Waals surface area (Å²) in [4.78, 5) is 7.66. The van der Waals surface area contributed by atoms with Crippen molar-refractivity contribution in [2.24, 2.45) is 4.99 Å². The summed E-state index contributed by atoms with van der Waals surface area (Å²) in [6.45, 7) is 6.87. The number of hydrogen-bond acceptors (Lipinski definition) is 3. The molecular formula is C21H23N3SSi. The first kappa shape index (κ1) is 18.4. The van der Waals surface area contributed by atoms with Crippen LogP contribution in [0.2, 0.25) is 19.6 Å². The molecule has 0 saturated carbocycles. The van der Waals surface area contributed by atoms with Gasteiger partial charge in [-0.15, -0.1) is 11.3 Å². The molecule has 0 fully saturated rings. The van der Waals surface area contributed by atoms with Crippen LogP contribution in [0.5, 0.6) is 0 Å². The molecule has 1 aromatic heterocycles. The van der Waals surface area contributed by atoms with Crippen LogP contribution in [0, 0.1) is 11.3 Å². The largest absolute Gasteiger partial charge is 0.369 e. The Morgan fingerprint density at radius 2 is 1.77 bits per heavy atom. The Labute approximate surface area is 160 Å². The van der Waals surface area contributed by atoms with Crippen LogP contribution < -0.4 is 5.19 Å². The van der Waals surface area contributed by atoms with Crippen LogP contribution in [-0.4, -0.2) is 33.4 Å². The predicted octanol–water partition coefficient (Wildman–Crippen LogP) is 5.21. The Morgan fingerprint density at radius 3 is 2.38 bits per heavy atom. The molecule has 0 aliphatic heterocycles.